The number of carbonyl (C=O) groups is 2. The zero-order valence-corrected chi connectivity index (χ0v) is 15.4. The second-order valence-electron chi connectivity index (χ2n) is 4.97. The summed E-state index contributed by atoms with van der Waals surface area (Å²) in [6.07, 6.45) is 1.18. The average Bonchev–Trinajstić information content (AvgIpc) is 2.63. The Morgan fingerprint density at radius 1 is 0.750 bits per heavy atom. The van der Waals surface area contributed by atoms with Gasteiger partial charge in [-0.2, -0.15) is 0 Å². The van der Waals surface area contributed by atoms with Crippen LogP contribution >= 0.6 is 0 Å². The van der Waals surface area contributed by atoms with E-state index in [4.69, 9.17) is 30.6 Å². The molecule has 0 aliphatic rings. The number of carboxylic acid groups (broad SMARTS) is 2. The van der Waals surface area contributed by atoms with Gasteiger partial charge in [-0.1, -0.05) is 0 Å². The maximum Gasteiger partial charge on any atom is 0.200 e. The third-order valence-electron chi connectivity index (χ3n) is 2.78. The Kier molecular flexibility index (Phi) is 10.1. The quantitative estimate of drug-likeness (QED) is 0.344. The Labute approximate surface area is 167 Å². The molecular weight excluding hydrogens is 423 g/mol. The largest absolute Gasteiger partial charge is 0.545 e. The molecule has 0 heterocycles. The molecule has 0 fully saturated rings. The fourth-order valence-corrected chi connectivity index (χ4v) is 1.44. The summed E-state index contributed by atoms with van der Waals surface area (Å²) >= 11 is 3.96. The number of hydrogen-bond donors (Lipinski definition) is 6. The van der Waals surface area contributed by atoms with Gasteiger partial charge >= 0.3 is 34.4 Å². The Hall–Kier alpha value is -3.31. The van der Waals surface area contributed by atoms with Crippen molar-refractivity contribution in [1.29, 1.82) is 0 Å². The first-order chi connectivity index (χ1) is 13.0. The molecule has 0 atom stereocenters. The summed E-state index contributed by atoms with van der Waals surface area (Å²) in [5, 5.41) is 74.3. The molecule has 0 unspecified atom stereocenters. The second kappa shape index (κ2) is 11.4. The van der Waals surface area contributed by atoms with Crippen LogP contribution in [0.4, 0.5) is 0 Å². The van der Waals surface area contributed by atoms with Crippen LogP contribution < -0.4 is 10.2 Å². The minimum Gasteiger partial charge on any atom is -0.545 e. The summed E-state index contributed by atoms with van der Waals surface area (Å²) in [6, 6.07) is 3.13. The molecule has 6 N–H and O–H groups in total. The smallest absolute Gasteiger partial charge is 0.200 e. The minimum absolute atomic E-state index is 0.400. The van der Waals surface area contributed by atoms with Crippen LogP contribution in [0.1, 0.15) is 34.1 Å². The van der Waals surface area contributed by atoms with Gasteiger partial charge < -0.3 is 50.4 Å². The normalized spacial score (nSPS) is 9.36. The molecule has 0 radical (unpaired) electrons. The Balaban J connectivity index is 0.000000439. The summed E-state index contributed by atoms with van der Waals surface area (Å²) in [7, 11) is 0. The van der Waals surface area contributed by atoms with E-state index >= 15 is 0 Å². The van der Waals surface area contributed by atoms with Crippen LogP contribution in [0.5, 0.6) is 34.5 Å². The molecule has 0 aromatic heterocycles. The number of phenolic OH excluding ortho intramolecular Hbond substituents is 6. The summed E-state index contributed by atoms with van der Waals surface area (Å²) < 4.78 is 0. The van der Waals surface area contributed by atoms with Gasteiger partial charge in [-0.15, -0.1) is 0 Å². The monoisotopic (exact) mass is 440 g/mol. The second-order valence-corrected chi connectivity index (χ2v) is 5.49. The van der Waals surface area contributed by atoms with E-state index in [-0.39, 0.29) is 0 Å². The van der Waals surface area contributed by atoms with Crippen molar-refractivity contribution in [3.05, 3.63) is 35.4 Å². The third kappa shape index (κ3) is 7.51. The maximum atomic E-state index is 10.2. The van der Waals surface area contributed by atoms with Crippen LogP contribution in [0.2, 0.25) is 5.36 Å². The average molecular weight is 440 g/mol. The fourth-order valence-electron chi connectivity index (χ4n) is 1.44. The predicted molar refractivity (Wildman–Crippen MR) is 86.6 cm³/mol. The van der Waals surface area contributed by atoms with E-state index in [1.807, 2.05) is 0 Å². The van der Waals surface area contributed by atoms with Crippen molar-refractivity contribution in [3.8, 4) is 34.5 Å². The van der Waals surface area contributed by atoms with Crippen molar-refractivity contribution in [2.24, 2.45) is 0 Å². The number of rotatable bonds is 3. The number of phenols is 6. The first-order valence-corrected chi connectivity index (χ1v) is 8.15. The van der Waals surface area contributed by atoms with E-state index < -0.39 is 57.6 Å². The van der Waals surface area contributed by atoms with Gasteiger partial charge in [0.1, 0.15) is 0 Å². The first-order valence-electron chi connectivity index (χ1n) is 7.41. The number of aromatic carboxylic acids is 2. The van der Waals surface area contributed by atoms with Gasteiger partial charge in [0.2, 0.25) is 0 Å². The molecular formula is C17H17CoO10. The Morgan fingerprint density at radius 2 is 0.964 bits per heavy atom. The summed E-state index contributed by atoms with van der Waals surface area (Å²) in [4.78, 5) is 20.4. The minimum atomic E-state index is -1.54. The molecule has 0 spiro atoms. The van der Waals surface area contributed by atoms with Gasteiger partial charge in [0.05, 0.1) is 11.9 Å². The molecule has 0 saturated carbocycles. The van der Waals surface area contributed by atoms with E-state index in [9.17, 15) is 19.8 Å². The first kappa shape index (κ1) is 24.7. The van der Waals surface area contributed by atoms with Crippen LogP contribution in [0.15, 0.2) is 24.3 Å². The van der Waals surface area contributed by atoms with Crippen molar-refractivity contribution in [2.75, 3.05) is 0 Å². The zero-order valence-electron chi connectivity index (χ0n) is 14.4. The van der Waals surface area contributed by atoms with Crippen LogP contribution in [0.3, 0.4) is 0 Å². The van der Waals surface area contributed by atoms with Crippen molar-refractivity contribution in [3.63, 3.8) is 0 Å². The van der Waals surface area contributed by atoms with Crippen molar-refractivity contribution >= 4 is 11.9 Å². The number of aromatic hydroxyl groups is 6. The van der Waals surface area contributed by atoms with Gasteiger partial charge in [-0.05, 0) is 24.3 Å². The van der Waals surface area contributed by atoms with Crippen molar-refractivity contribution in [2.45, 2.75) is 18.7 Å². The summed E-state index contributed by atoms with van der Waals surface area (Å²) in [5.41, 5.74) is -0.800. The van der Waals surface area contributed by atoms with Gasteiger partial charge in [0.25, 0.3) is 0 Å². The van der Waals surface area contributed by atoms with Crippen LogP contribution in [-0.2, 0) is 15.7 Å². The molecule has 11 heteroatoms. The molecule has 28 heavy (non-hydrogen) atoms. The molecule has 2 aromatic rings. The number of benzene rings is 2. The SMILES string of the molecule is CC[CH2][Co+2].O=C([O-])c1cc(O)c(O)c(O)c1.O=C([O-])c1cc(O)c(O)c(O)c1. The molecule has 10 nitrogen and oxygen atoms in total. The molecule has 0 aliphatic carbocycles. The zero-order chi connectivity index (χ0) is 22.0. The van der Waals surface area contributed by atoms with E-state index in [2.05, 4.69) is 22.7 Å². The van der Waals surface area contributed by atoms with Gasteiger partial charge in [-0.3, -0.25) is 0 Å². The van der Waals surface area contributed by atoms with E-state index in [0.717, 1.165) is 29.6 Å². The molecule has 0 amide bonds. The standard InChI is InChI=1S/2C7H6O5.C3H7.Co/c2*8-4-1-3(7(11)12)2-5(9)6(4)10;1-3-2;/h2*1-2,8-10H,(H,11,12);1,3H2,2H3;/q;;;+2/p-2. The van der Waals surface area contributed by atoms with Gasteiger partial charge in [0.15, 0.2) is 34.5 Å². The number of carbonyl (C=O) groups excluding carboxylic acids is 2. The van der Waals surface area contributed by atoms with E-state index in [1.165, 1.54) is 6.42 Å². The third-order valence-corrected chi connectivity index (χ3v) is 3.30. The number of carboxylic acids is 2. The van der Waals surface area contributed by atoms with Gasteiger partial charge in [0, 0.05) is 11.1 Å². The van der Waals surface area contributed by atoms with Gasteiger partial charge in [-0.25, -0.2) is 0 Å². The molecule has 154 valence electrons. The van der Waals surface area contributed by atoms with E-state index in [0.29, 0.717) is 0 Å². The molecule has 0 saturated heterocycles. The predicted octanol–water partition coefficient (Wildman–Crippen LogP) is -0.305. The van der Waals surface area contributed by atoms with E-state index in [1.54, 1.807) is 0 Å². The molecule has 2 rings (SSSR count). The topological polar surface area (TPSA) is 202 Å². The Bertz CT molecular complexity index is 719. The summed E-state index contributed by atoms with van der Waals surface area (Å²) in [5.74, 6) is -7.38. The molecule has 2 aromatic carbocycles. The summed E-state index contributed by atoms with van der Waals surface area (Å²) in [6.45, 7) is 2.10. The molecule has 0 bridgehead atoms. The molecule has 0 aliphatic heterocycles. The number of hydrogen-bond acceptors (Lipinski definition) is 10. The fraction of sp³-hybridized carbons (Fsp3) is 0.176. The van der Waals surface area contributed by atoms with Crippen LogP contribution in [0, 0.1) is 0 Å². The Morgan fingerprint density at radius 3 is 1.11 bits per heavy atom. The van der Waals surface area contributed by atoms with Crippen LogP contribution in [0.25, 0.3) is 0 Å². The van der Waals surface area contributed by atoms with Crippen molar-refractivity contribution in [1.82, 2.24) is 0 Å². The van der Waals surface area contributed by atoms with Crippen molar-refractivity contribution < 1.29 is 66.2 Å². The maximum absolute atomic E-state index is 10.2. The van der Waals surface area contributed by atoms with Crippen LogP contribution in [-0.4, -0.2) is 42.6 Å².